The standard InChI is InChI=1S/C18H27ClN6O2S/c1-11-14-15(21-17(19)22-16(14)28-23-11)20-12-3-5-13(6-4-12)24-7-9-25(10-8-24)18(26)27-2/h12-13,18,26H,3-10H2,1-2H3,(H,20,21,22). The molecule has 2 aromatic heterocycles. The molecular weight excluding hydrogens is 400 g/mol. The minimum absolute atomic E-state index is 0.267. The summed E-state index contributed by atoms with van der Waals surface area (Å²) in [6.07, 6.45) is 3.74. The second-order valence-corrected chi connectivity index (χ2v) is 8.66. The van der Waals surface area contributed by atoms with Crippen molar-refractivity contribution in [3.8, 4) is 0 Å². The number of fused-ring (bicyclic) bond motifs is 1. The Morgan fingerprint density at radius 3 is 2.57 bits per heavy atom. The van der Waals surface area contributed by atoms with Crippen LogP contribution in [0.1, 0.15) is 31.4 Å². The highest BCUT2D eigenvalue weighted by molar-refractivity contribution is 7.13. The van der Waals surface area contributed by atoms with Crippen molar-refractivity contribution in [2.45, 2.75) is 51.1 Å². The van der Waals surface area contributed by atoms with Gasteiger partial charge in [0.1, 0.15) is 5.82 Å². The lowest BCUT2D eigenvalue weighted by Crippen LogP contribution is -2.54. The first-order chi connectivity index (χ1) is 13.5. The summed E-state index contributed by atoms with van der Waals surface area (Å²) in [6.45, 7) is 5.62. The van der Waals surface area contributed by atoms with E-state index in [0.29, 0.717) is 12.1 Å². The number of aryl methyl sites for hydroxylation is 1. The summed E-state index contributed by atoms with van der Waals surface area (Å²) in [6, 6.07) is 1.000. The number of aliphatic hydroxyl groups is 1. The molecule has 154 valence electrons. The molecule has 2 aliphatic rings. The van der Waals surface area contributed by atoms with Gasteiger partial charge in [0.15, 0.2) is 4.83 Å². The van der Waals surface area contributed by atoms with Crippen molar-refractivity contribution in [3.05, 3.63) is 11.0 Å². The zero-order valence-electron chi connectivity index (χ0n) is 16.3. The zero-order valence-corrected chi connectivity index (χ0v) is 17.8. The van der Waals surface area contributed by atoms with Crippen molar-refractivity contribution in [3.63, 3.8) is 0 Å². The van der Waals surface area contributed by atoms with Crippen LogP contribution in [-0.4, -0.2) is 81.0 Å². The maximum absolute atomic E-state index is 9.81. The third-order valence-electron chi connectivity index (χ3n) is 5.91. The molecule has 2 N–H and O–H groups in total. The van der Waals surface area contributed by atoms with Gasteiger partial charge in [-0.15, -0.1) is 0 Å². The fourth-order valence-corrected chi connectivity index (χ4v) is 5.32. The van der Waals surface area contributed by atoms with E-state index in [0.717, 1.165) is 73.6 Å². The molecule has 1 aliphatic carbocycles. The van der Waals surface area contributed by atoms with Crippen molar-refractivity contribution in [2.24, 2.45) is 0 Å². The SMILES string of the molecule is COC(O)N1CCN(C2CCC(Nc3nc(Cl)nc4snc(C)c34)CC2)CC1. The maximum atomic E-state index is 9.81. The molecule has 8 nitrogen and oxygen atoms in total. The van der Waals surface area contributed by atoms with E-state index in [1.807, 2.05) is 11.8 Å². The summed E-state index contributed by atoms with van der Waals surface area (Å²) in [4.78, 5) is 14.1. The average molecular weight is 427 g/mol. The van der Waals surface area contributed by atoms with Gasteiger partial charge in [0.25, 0.3) is 0 Å². The summed E-state index contributed by atoms with van der Waals surface area (Å²) >= 11 is 7.46. The molecule has 1 aliphatic heterocycles. The number of anilines is 1. The predicted octanol–water partition coefficient (Wildman–Crippen LogP) is 2.31. The maximum Gasteiger partial charge on any atom is 0.225 e. The molecule has 1 unspecified atom stereocenters. The van der Waals surface area contributed by atoms with Crippen LogP contribution in [0, 0.1) is 6.92 Å². The average Bonchev–Trinajstić information content (AvgIpc) is 3.08. The third-order valence-corrected chi connectivity index (χ3v) is 6.91. The number of nitrogens with zero attached hydrogens (tertiary/aromatic N) is 5. The van der Waals surface area contributed by atoms with Gasteiger partial charge in [-0.25, -0.2) is 9.97 Å². The molecule has 10 heteroatoms. The second-order valence-electron chi connectivity index (χ2n) is 7.57. The van der Waals surface area contributed by atoms with Gasteiger partial charge in [-0.05, 0) is 55.7 Å². The number of methoxy groups -OCH3 is 1. The Kier molecular flexibility index (Phi) is 6.29. The molecule has 28 heavy (non-hydrogen) atoms. The highest BCUT2D eigenvalue weighted by Crippen LogP contribution is 2.31. The van der Waals surface area contributed by atoms with Gasteiger partial charge in [-0.1, -0.05) is 0 Å². The molecule has 3 heterocycles. The lowest BCUT2D eigenvalue weighted by Gasteiger charge is -2.42. The molecule has 1 saturated carbocycles. The van der Waals surface area contributed by atoms with Crippen LogP contribution in [0.4, 0.5) is 5.82 Å². The van der Waals surface area contributed by atoms with Crippen LogP contribution in [0.2, 0.25) is 5.28 Å². The molecule has 2 fully saturated rings. The van der Waals surface area contributed by atoms with Crippen molar-refractivity contribution >= 4 is 39.2 Å². The van der Waals surface area contributed by atoms with Crippen LogP contribution < -0.4 is 5.32 Å². The normalized spacial score (nSPS) is 25.9. The molecule has 0 bridgehead atoms. The molecule has 1 atom stereocenters. The number of hydrogen-bond acceptors (Lipinski definition) is 9. The predicted molar refractivity (Wildman–Crippen MR) is 111 cm³/mol. The summed E-state index contributed by atoms with van der Waals surface area (Å²) in [7, 11) is 1.54. The number of piperazine rings is 1. The van der Waals surface area contributed by atoms with Gasteiger partial charge in [0, 0.05) is 45.4 Å². The first-order valence-corrected chi connectivity index (χ1v) is 11.0. The van der Waals surface area contributed by atoms with Gasteiger partial charge < -0.3 is 15.2 Å². The van der Waals surface area contributed by atoms with E-state index in [9.17, 15) is 5.11 Å². The molecule has 2 aromatic rings. The van der Waals surface area contributed by atoms with Gasteiger partial charge in [0.2, 0.25) is 11.7 Å². The zero-order chi connectivity index (χ0) is 19.7. The monoisotopic (exact) mass is 426 g/mol. The minimum Gasteiger partial charge on any atom is -0.367 e. The van der Waals surface area contributed by atoms with Crippen LogP contribution in [-0.2, 0) is 4.74 Å². The molecule has 1 saturated heterocycles. The Labute approximate surface area is 174 Å². The Bertz CT molecular complexity index is 805. The molecule has 0 aromatic carbocycles. The number of halogens is 1. The van der Waals surface area contributed by atoms with E-state index in [4.69, 9.17) is 16.3 Å². The molecule has 4 rings (SSSR count). The minimum atomic E-state index is -0.784. The third kappa shape index (κ3) is 4.24. The van der Waals surface area contributed by atoms with Gasteiger partial charge in [-0.2, -0.15) is 4.37 Å². The Hall–Kier alpha value is -1.10. The highest BCUT2D eigenvalue weighted by atomic mass is 35.5. The first kappa shape index (κ1) is 20.2. The number of aliphatic hydroxyl groups excluding tert-OH is 1. The Balaban J connectivity index is 1.33. The Morgan fingerprint density at radius 1 is 1.18 bits per heavy atom. The van der Waals surface area contributed by atoms with E-state index < -0.39 is 6.41 Å². The van der Waals surface area contributed by atoms with Gasteiger partial charge in [-0.3, -0.25) is 9.80 Å². The van der Waals surface area contributed by atoms with Crippen molar-refractivity contribution < 1.29 is 9.84 Å². The van der Waals surface area contributed by atoms with Gasteiger partial charge in [0.05, 0.1) is 11.1 Å². The fourth-order valence-electron chi connectivity index (χ4n) is 4.32. The molecule has 0 radical (unpaired) electrons. The number of rotatable bonds is 5. The summed E-state index contributed by atoms with van der Waals surface area (Å²) in [5, 5.41) is 14.7. The topological polar surface area (TPSA) is 86.6 Å². The number of hydrogen-bond donors (Lipinski definition) is 2. The van der Waals surface area contributed by atoms with Crippen LogP contribution in [0.3, 0.4) is 0 Å². The van der Waals surface area contributed by atoms with Crippen molar-refractivity contribution in [1.82, 2.24) is 24.1 Å². The fraction of sp³-hybridized carbons (Fsp3) is 0.722. The van der Waals surface area contributed by atoms with E-state index in [1.54, 1.807) is 0 Å². The van der Waals surface area contributed by atoms with E-state index in [1.165, 1.54) is 18.6 Å². The number of ether oxygens (including phenoxy) is 1. The van der Waals surface area contributed by atoms with Crippen LogP contribution in [0.25, 0.3) is 10.2 Å². The summed E-state index contributed by atoms with van der Waals surface area (Å²) < 4.78 is 9.41. The lowest BCUT2D eigenvalue weighted by molar-refractivity contribution is -0.186. The smallest absolute Gasteiger partial charge is 0.225 e. The van der Waals surface area contributed by atoms with E-state index >= 15 is 0 Å². The van der Waals surface area contributed by atoms with Gasteiger partial charge >= 0.3 is 0 Å². The molecule has 0 spiro atoms. The van der Waals surface area contributed by atoms with Crippen LogP contribution >= 0.6 is 23.1 Å². The Morgan fingerprint density at radius 2 is 1.89 bits per heavy atom. The number of aromatic nitrogens is 3. The highest BCUT2D eigenvalue weighted by Gasteiger charge is 2.30. The first-order valence-electron chi connectivity index (χ1n) is 9.80. The summed E-state index contributed by atoms with van der Waals surface area (Å²) in [5.41, 5.74) is 0.948. The lowest BCUT2D eigenvalue weighted by atomic mass is 9.89. The molecular formula is C18H27ClN6O2S. The van der Waals surface area contributed by atoms with Crippen molar-refractivity contribution in [2.75, 3.05) is 38.6 Å². The second kappa shape index (κ2) is 8.73. The largest absolute Gasteiger partial charge is 0.367 e. The van der Waals surface area contributed by atoms with E-state index in [-0.39, 0.29) is 5.28 Å². The quantitative estimate of drug-likeness (QED) is 0.556. The van der Waals surface area contributed by atoms with E-state index in [2.05, 4.69) is 24.6 Å². The van der Waals surface area contributed by atoms with Crippen LogP contribution in [0.15, 0.2) is 0 Å². The summed E-state index contributed by atoms with van der Waals surface area (Å²) in [5.74, 6) is 0.812. The van der Waals surface area contributed by atoms with Crippen LogP contribution in [0.5, 0.6) is 0 Å². The molecule has 0 amide bonds. The number of nitrogens with one attached hydrogen (secondary N) is 1. The van der Waals surface area contributed by atoms with Crippen molar-refractivity contribution in [1.29, 1.82) is 0 Å².